The maximum atomic E-state index is 13.4. The Kier molecular flexibility index (Phi) is 7.16. The quantitative estimate of drug-likeness (QED) is 0.281. The lowest BCUT2D eigenvalue weighted by Gasteiger charge is -2.17. The zero-order valence-corrected chi connectivity index (χ0v) is 18.9. The van der Waals surface area contributed by atoms with Crippen LogP contribution in [0.25, 0.3) is 11.4 Å². The summed E-state index contributed by atoms with van der Waals surface area (Å²) < 4.78 is 7.15. The standard InChI is InChI=1S/C25H23N5O2S/c1-3-17-30-23(19-13-15-26-16-14-19)28-29-25(30)33-22(18-7-5-4-6-8-18)24(31)27-20-9-11-21(32-2)12-10-20/h3-16,22H,1,17H2,2H3,(H,27,31). The minimum Gasteiger partial charge on any atom is -0.497 e. The number of nitrogens with one attached hydrogen (secondary N) is 1. The van der Waals surface area contributed by atoms with Gasteiger partial charge in [0, 0.05) is 30.2 Å². The van der Waals surface area contributed by atoms with Crippen molar-refractivity contribution in [3.63, 3.8) is 0 Å². The summed E-state index contributed by atoms with van der Waals surface area (Å²) in [6, 6.07) is 20.6. The second-order valence-electron chi connectivity index (χ2n) is 7.07. The van der Waals surface area contributed by atoms with E-state index in [1.807, 2.05) is 71.3 Å². The zero-order valence-electron chi connectivity index (χ0n) is 18.1. The molecule has 0 aliphatic heterocycles. The van der Waals surface area contributed by atoms with E-state index in [1.54, 1.807) is 25.6 Å². The van der Waals surface area contributed by atoms with Gasteiger partial charge in [0.2, 0.25) is 5.91 Å². The third-order valence-electron chi connectivity index (χ3n) is 4.89. The summed E-state index contributed by atoms with van der Waals surface area (Å²) in [6.07, 6.45) is 5.21. The molecule has 0 aliphatic carbocycles. The molecule has 166 valence electrons. The second kappa shape index (κ2) is 10.6. The molecule has 1 N–H and O–H groups in total. The van der Waals surface area contributed by atoms with Crippen LogP contribution in [-0.4, -0.2) is 32.8 Å². The van der Waals surface area contributed by atoms with Gasteiger partial charge in [0.05, 0.1) is 7.11 Å². The number of pyridine rings is 1. The molecule has 0 saturated heterocycles. The lowest BCUT2D eigenvalue weighted by atomic mass is 10.1. The molecule has 4 aromatic rings. The smallest absolute Gasteiger partial charge is 0.242 e. The van der Waals surface area contributed by atoms with E-state index in [9.17, 15) is 4.79 Å². The predicted octanol–water partition coefficient (Wildman–Crippen LogP) is 5.01. The van der Waals surface area contributed by atoms with Crippen LogP contribution < -0.4 is 10.1 Å². The summed E-state index contributed by atoms with van der Waals surface area (Å²) in [5.41, 5.74) is 2.45. The molecule has 0 aliphatic rings. The van der Waals surface area contributed by atoms with E-state index in [1.165, 1.54) is 11.8 Å². The fraction of sp³-hybridized carbons (Fsp3) is 0.120. The van der Waals surface area contributed by atoms with Crippen molar-refractivity contribution in [1.29, 1.82) is 0 Å². The molecule has 0 radical (unpaired) electrons. The number of methoxy groups -OCH3 is 1. The SMILES string of the molecule is C=CCn1c(SC(C(=O)Nc2ccc(OC)cc2)c2ccccc2)nnc1-c1ccncc1. The molecule has 2 heterocycles. The molecule has 2 aromatic heterocycles. The van der Waals surface area contributed by atoms with Gasteiger partial charge in [0.1, 0.15) is 11.0 Å². The molecule has 4 rings (SSSR count). The van der Waals surface area contributed by atoms with Crippen LogP contribution in [0.2, 0.25) is 0 Å². The van der Waals surface area contributed by atoms with Crippen LogP contribution in [-0.2, 0) is 11.3 Å². The summed E-state index contributed by atoms with van der Waals surface area (Å²) in [4.78, 5) is 17.4. The van der Waals surface area contributed by atoms with Gasteiger partial charge in [-0.3, -0.25) is 14.3 Å². The summed E-state index contributed by atoms with van der Waals surface area (Å²) in [5, 5.41) is 11.9. The highest BCUT2D eigenvalue weighted by Gasteiger charge is 2.26. The maximum Gasteiger partial charge on any atom is 0.242 e. The average molecular weight is 458 g/mol. The molecule has 2 aromatic carbocycles. The summed E-state index contributed by atoms with van der Waals surface area (Å²) in [6.45, 7) is 4.37. The van der Waals surface area contributed by atoms with Gasteiger partial charge >= 0.3 is 0 Å². The van der Waals surface area contributed by atoms with Crippen molar-refractivity contribution in [3.05, 3.63) is 97.3 Å². The van der Waals surface area contributed by atoms with Crippen LogP contribution in [0.3, 0.4) is 0 Å². The molecule has 1 unspecified atom stereocenters. The van der Waals surface area contributed by atoms with E-state index in [4.69, 9.17) is 4.74 Å². The van der Waals surface area contributed by atoms with Crippen molar-refractivity contribution in [2.75, 3.05) is 12.4 Å². The van der Waals surface area contributed by atoms with E-state index in [0.717, 1.165) is 16.9 Å². The van der Waals surface area contributed by atoms with Crippen molar-refractivity contribution >= 4 is 23.4 Å². The molecule has 0 fully saturated rings. The van der Waals surface area contributed by atoms with Crippen LogP contribution in [0.4, 0.5) is 5.69 Å². The van der Waals surface area contributed by atoms with E-state index < -0.39 is 5.25 Å². The topological polar surface area (TPSA) is 81.9 Å². The number of hydrogen-bond acceptors (Lipinski definition) is 6. The molecule has 0 saturated carbocycles. The Balaban J connectivity index is 1.65. The molecular weight excluding hydrogens is 434 g/mol. The Morgan fingerprint density at radius 2 is 1.82 bits per heavy atom. The number of allylic oxidation sites excluding steroid dienone is 1. The third-order valence-corrected chi connectivity index (χ3v) is 6.12. The zero-order chi connectivity index (χ0) is 23.0. The lowest BCUT2D eigenvalue weighted by Crippen LogP contribution is -2.19. The predicted molar refractivity (Wildman–Crippen MR) is 130 cm³/mol. The van der Waals surface area contributed by atoms with Gasteiger partial charge in [-0.2, -0.15) is 0 Å². The molecule has 1 atom stereocenters. The van der Waals surface area contributed by atoms with Crippen LogP contribution in [0.5, 0.6) is 5.75 Å². The van der Waals surface area contributed by atoms with E-state index in [2.05, 4.69) is 27.1 Å². The number of nitrogens with zero attached hydrogens (tertiary/aromatic N) is 4. The van der Waals surface area contributed by atoms with E-state index in [-0.39, 0.29) is 5.91 Å². The summed E-state index contributed by atoms with van der Waals surface area (Å²) in [5.74, 6) is 1.26. The molecule has 1 amide bonds. The fourth-order valence-corrected chi connectivity index (χ4v) is 4.32. The van der Waals surface area contributed by atoms with Crippen molar-refractivity contribution in [1.82, 2.24) is 19.7 Å². The number of ether oxygens (including phenoxy) is 1. The van der Waals surface area contributed by atoms with Crippen molar-refractivity contribution in [3.8, 4) is 17.1 Å². The number of rotatable bonds is 9. The highest BCUT2D eigenvalue weighted by atomic mass is 32.2. The number of amides is 1. The summed E-state index contributed by atoms with van der Waals surface area (Å²) in [7, 11) is 1.61. The lowest BCUT2D eigenvalue weighted by molar-refractivity contribution is -0.115. The summed E-state index contributed by atoms with van der Waals surface area (Å²) >= 11 is 1.35. The molecule has 0 bridgehead atoms. The van der Waals surface area contributed by atoms with Crippen LogP contribution in [0.15, 0.2) is 96.9 Å². The van der Waals surface area contributed by atoms with E-state index in [0.29, 0.717) is 23.2 Å². The molecule has 7 nitrogen and oxygen atoms in total. The average Bonchev–Trinajstić information content (AvgIpc) is 3.26. The van der Waals surface area contributed by atoms with Gasteiger partial charge in [-0.1, -0.05) is 48.2 Å². The first-order valence-corrected chi connectivity index (χ1v) is 11.2. The molecular formula is C25H23N5O2S. The first kappa shape index (κ1) is 22.3. The van der Waals surface area contributed by atoms with E-state index >= 15 is 0 Å². The first-order valence-electron chi connectivity index (χ1n) is 10.3. The van der Waals surface area contributed by atoms with Crippen LogP contribution >= 0.6 is 11.8 Å². The number of anilines is 1. The van der Waals surface area contributed by atoms with Crippen molar-refractivity contribution < 1.29 is 9.53 Å². The number of hydrogen-bond donors (Lipinski definition) is 1. The number of carbonyl (C=O) groups is 1. The Labute approximate surface area is 196 Å². The largest absolute Gasteiger partial charge is 0.497 e. The third kappa shape index (κ3) is 5.30. The number of thioether (sulfide) groups is 1. The molecule has 33 heavy (non-hydrogen) atoms. The number of benzene rings is 2. The normalized spacial score (nSPS) is 11.5. The minimum atomic E-state index is -0.536. The van der Waals surface area contributed by atoms with Gasteiger partial charge in [-0.25, -0.2) is 0 Å². The highest BCUT2D eigenvalue weighted by molar-refractivity contribution is 8.00. The van der Waals surface area contributed by atoms with Crippen LogP contribution in [0, 0.1) is 0 Å². The monoisotopic (exact) mass is 457 g/mol. The van der Waals surface area contributed by atoms with Gasteiger partial charge < -0.3 is 10.1 Å². The Hall–Kier alpha value is -3.91. The Bertz CT molecular complexity index is 1210. The van der Waals surface area contributed by atoms with Gasteiger partial charge in [-0.05, 0) is 42.0 Å². The molecule has 8 heteroatoms. The minimum absolute atomic E-state index is 0.157. The van der Waals surface area contributed by atoms with Crippen molar-refractivity contribution in [2.45, 2.75) is 17.0 Å². The van der Waals surface area contributed by atoms with Gasteiger partial charge in [0.15, 0.2) is 11.0 Å². The Morgan fingerprint density at radius 3 is 2.48 bits per heavy atom. The van der Waals surface area contributed by atoms with Crippen molar-refractivity contribution in [2.24, 2.45) is 0 Å². The number of aromatic nitrogens is 4. The maximum absolute atomic E-state index is 13.4. The van der Waals surface area contributed by atoms with Gasteiger partial charge in [-0.15, -0.1) is 16.8 Å². The van der Waals surface area contributed by atoms with Gasteiger partial charge in [0.25, 0.3) is 0 Å². The second-order valence-corrected chi connectivity index (χ2v) is 8.14. The fourth-order valence-electron chi connectivity index (χ4n) is 3.27. The first-order chi connectivity index (χ1) is 16.2. The van der Waals surface area contributed by atoms with Crippen LogP contribution in [0.1, 0.15) is 10.8 Å². The Morgan fingerprint density at radius 1 is 1.09 bits per heavy atom. The molecule has 0 spiro atoms. The highest BCUT2D eigenvalue weighted by Crippen LogP contribution is 2.37. The number of carbonyl (C=O) groups excluding carboxylic acids is 1.